The number of ketones is 1. The fourth-order valence-corrected chi connectivity index (χ4v) is 1.75. The number of nitrogen functional groups attached to an aromatic ring is 2. The molecule has 4 N–H and O–H groups in total. The second-order valence-electron chi connectivity index (χ2n) is 4.55. The van der Waals surface area contributed by atoms with E-state index >= 15 is 0 Å². The summed E-state index contributed by atoms with van der Waals surface area (Å²) >= 11 is 0. The Morgan fingerprint density at radius 1 is 0.810 bits per heavy atom. The summed E-state index contributed by atoms with van der Waals surface area (Å²) in [4.78, 5) is 23.6. The number of hydrogen-bond donors (Lipinski definition) is 2. The predicted octanol–water partition coefficient (Wildman–Crippen LogP) is 2.28. The van der Waals surface area contributed by atoms with Gasteiger partial charge in [-0.15, -0.1) is 0 Å². The van der Waals surface area contributed by atoms with Gasteiger partial charge in [0.1, 0.15) is 0 Å². The third kappa shape index (κ3) is 4.07. The summed E-state index contributed by atoms with van der Waals surface area (Å²) in [6.45, 7) is 0.0341. The molecule has 0 saturated heterocycles. The summed E-state index contributed by atoms with van der Waals surface area (Å²) in [5.41, 5.74) is 13.2. The zero-order chi connectivity index (χ0) is 15.2. The Kier molecular flexibility index (Phi) is 4.56. The fourth-order valence-electron chi connectivity index (χ4n) is 1.75. The summed E-state index contributed by atoms with van der Waals surface area (Å²) in [6, 6.07) is 13.0. The molecular formula is C16H16N2O3. The molecule has 2 aromatic carbocycles. The van der Waals surface area contributed by atoms with Gasteiger partial charge < -0.3 is 16.2 Å². The van der Waals surface area contributed by atoms with Gasteiger partial charge in [0, 0.05) is 23.4 Å². The second-order valence-corrected chi connectivity index (χ2v) is 4.55. The summed E-state index contributed by atoms with van der Waals surface area (Å²) in [5, 5.41) is 0. The van der Waals surface area contributed by atoms with Gasteiger partial charge in [-0.05, 0) is 48.5 Å². The van der Waals surface area contributed by atoms with Gasteiger partial charge in [0.2, 0.25) is 0 Å². The Hall–Kier alpha value is -2.82. The normalized spacial score (nSPS) is 10.1. The number of carbonyl (C=O) groups excluding carboxylic acids is 2. The van der Waals surface area contributed by atoms with Crippen molar-refractivity contribution in [3.8, 4) is 0 Å². The smallest absolute Gasteiger partial charge is 0.338 e. The van der Waals surface area contributed by atoms with Crippen molar-refractivity contribution in [3.05, 3.63) is 59.7 Å². The maximum Gasteiger partial charge on any atom is 0.338 e. The number of benzene rings is 2. The number of carbonyl (C=O) groups is 2. The maximum atomic E-state index is 11.9. The monoisotopic (exact) mass is 284 g/mol. The summed E-state index contributed by atoms with van der Waals surface area (Å²) < 4.78 is 5.06. The van der Waals surface area contributed by atoms with Gasteiger partial charge in [0.05, 0.1) is 12.2 Å². The first kappa shape index (κ1) is 14.6. The van der Waals surface area contributed by atoms with E-state index in [1.807, 2.05) is 0 Å². The molecule has 0 spiro atoms. The Labute approximate surface area is 122 Å². The molecule has 0 unspecified atom stereocenters. The molecule has 0 aliphatic heterocycles. The largest absolute Gasteiger partial charge is 0.462 e. The molecule has 2 rings (SSSR count). The lowest BCUT2D eigenvalue weighted by atomic mass is 10.1. The molecular weight excluding hydrogens is 268 g/mol. The molecule has 5 heteroatoms. The quantitative estimate of drug-likeness (QED) is 0.499. The van der Waals surface area contributed by atoms with E-state index in [0.29, 0.717) is 22.5 Å². The number of anilines is 2. The third-order valence-corrected chi connectivity index (χ3v) is 2.94. The maximum absolute atomic E-state index is 11.9. The predicted molar refractivity (Wildman–Crippen MR) is 80.9 cm³/mol. The molecule has 2 aromatic rings. The molecule has 0 radical (unpaired) electrons. The summed E-state index contributed by atoms with van der Waals surface area (Å²) in [7, 11) is 0. The first-order valence-corrected chi connectivity index (χ1v) is 6.47. The van der Waals surface area contributed by atoms with Crippen molar-refractivity contribution in [1.29, 1.82) is 0 Å². The van der Waals surface area contributed by atoms with Crippen molar-refractivity contribution in [3.63, 3.8) is 0 Å². The number of hydrogen-bond acceptors (Lipinski definition) is 5. The number of ether oxygens (including phenoxy) is 1. The highest BCUT2D eigenvalue weighted by molar-refractivity contribution is 5.96. The highest BCUT2D eigenvalue weighted by Gasteiger charge is 2.09. The van der Waals surface area contributed by atoms with Crippen LogP contribution in [0.2, 0.25) is 0 Å². The van der Waals surface area contributed by atoms with E-state index in [-0.39, 0.29) is 18.8 Å². The van der Waals surface area contributed by atoms with Gasteiger partial charge in [-0.3, -0.25) is 4.79 Å². The minimum atomic E-state index is -0.472. The first-order chi connectivity index (χ1) is 10.1. The minimum absolute atomic E-state index is 0.0341. The molecule has 0 fully saturated rings. The van der Waals surface area contributed by atoms with Crippen molar-refractivity contribution < 1.29 is 14.3 Å². The van der Waals surface area contributed by atoms with Crippen LogP contribution in [-0.4, -0.2) is 18.4 Å². The van der Waals surface area contributed by atoms with Gasteiger partial charge in [-0.25, -0.2) is 4.79 Å². The molecule has 0 heterocycles. The average molecular weight is 284 g/mol. The minimum Gasteiger partial charge on any atom is -0.462 e. The van der Waals surface area contributed by atoms with E-state index in [0.717, 1.165) is 0 Å². The molecule has 0 amide bonds. The van der Waals surface area contributed by atoms with Crippen LogP contribution in [0, 0.1) is 0 Å². The second kappa shape index (κ2) is 6.56. The van der Waals surface area contributed by atoms with Gasteiger partial charge >= 0.3 is 5.97 Å². The topological polar surface area (TPSA) is 95.4 Å². The number of nitrogens with two attached hydrogens (primary N) is 2. The van der Waals surface area contributed by atoms with Crippen LogP contribution in [0.4, 0.5) is 11.4 Å². The molecule has 108 valence electrons. The van der Waals surface area contributed by atoms with Gasteiger partial charge in [0.15, 0.2) is 5.78 Å². The molecule has 0 aliphatic carbocycles. The van der Waals surface area contributed by atoms with Crippen LogP contribution in [-0.2, 0) is 4.74 Å². The zero-order valence-electron chi connectivity index (χ0n) is 11.4. The molecule has 0 atom stereocenters. The van der Waals surface area contributed by atoms with Gasteiger partial charge in [0.25, 0.3) is 0 Å². The van der Waals surface area contributed by atoms with Gasteiger partial charge in [-0.2, -0.15) is 0 Å². The lowest BCUT2D eigenvalue weighted by Gasteiger charge is -2.05. The molecule has 0 saturated carbocycles. The fraction of sp³-hybridized carbons (Fsp3) is 0.125. The highest BCUT2D eigenvalue weighted by Crippen LogP contribution is 2.10. The van der Waals surface area contributed by atoms with Crippen molar-refractivity contribution >= 4 is 23.1 Å². The van der Waals surface area contributed by atoms with Crippen LogP contribution in [0.3, 0.4) is 0 Å². The van der Waals surface area contributed by atoms with Crippen molar-refractivity contribution in [2.75, 3.05) is 18.1 Å². The van der Waals surface area contributed by atoms with E-state index in [9.17, 15) is 9.59 Å². The van der Waals surface area contributed by atoms with E-state index in [1.54, 1.807) is 48.5 Å². The highest BCUT2D eigenvalue weighted by atomic mass is 16.5. The third-order valence-electron chi connectivity index (χ3n) is 2.94. The molecule has 0 aliphatic rings. The van der Waals surface area contributed by atoms with Crippen molar-refractivity contribution in [1.82, 2.24) is 0 Å². The van der Waals surface area contributed by atoms with Crippen LogP contribution in [0.25, 0.3) is 0 Å². The Balaban J connectivity index is 1.83. The van der Waals surface area contributed by atoms with Crippen LogP contribution < -0.4 is 11.5 Å². The van der Waals surface area contributed by atoms with Crippen LogP contribution in [0.5, 0.6) is 0 Å². The Bertz CT molecular complexity index is 576. The number of rotatable bonds is 5. The number of Topliss-reactive ketones (excluding diaryl/α,β-unsaturated/α-hetero) is 1. The summed E-state index contributed by atoms with van der Waals surface area (Å²) in [5.74, 6) is -0.569. The Morgan fingerprint density at radius 3 is 1.81 bits per heavy atom. The zero-order valence-corrected chi connectivity index (χ0v) is 11.4. The Morgan fingerprint density at radius 2 is 1.29 bits per heavy atom. The SMILES string of the molecule is Nc1ccc(C(=O)CCOC(=O)c2ccc(N)cc2)cc1. The molecule has 0 bridgehead atoms. The number of esters is 1. The lowest BCUT2D eigenvalue weighted by molar-refractivity contribution is 0.0496. The van der Waals surface area contributed by atoms with Gasteiger partial charge in [-0.1, -0.05) is 0 Å². The molecule has 21 heavy (non-hydrogen) atoms. The first-order valence-electron chi connectivity index (χ1n) is 6.47. The molecule has 0 aromatic heterocycles. The van der Waals surface area contributed by atoms with E-state index in [1.165, 1.54) is 0 Å². The van der Waals surface area contributed by atoms with E-state index in [4.69, 9.17) is 16.2 Å². The van der Waals surface area contributed by atoms with E-state index < -0.39 is 5.97 Å². The van der Waals surface area contributed by atoms with Crippen molar-refractivity contribution in [2.24, 2.45) is 0 Å². The molecule has 5 nitrogen and oxygen atoms in total. The van der Waals surface area contributed by atoms with Crippen LogP contribution in [0.1, 0.15) is 27.1 Å². The van der Waals surface area contributed by atoms with E-state index in [2.05, 4.69) is 0 Å². The standard InChI is InChI=1S/C16H16N2O3/c17-13-5-1-11(2-6-13)15(19)9-10-21-16(20)12-3-7-14(18)8-4-12/h1-8H,9-10,17-18H2. The van der Waals surface area contributed by atoms with Crippen molar-refractivity contribution in [2.45, 2.75) is 6.42 Å². The van der Waals surface area contributed by atoms with Crippen LogP contribution in [0.15, 0.2) is 48.5 Å². The summed E-state index contributed by atoms with van der Waals surface area (Å²) in [6.07, 6.45) is 0.130. The van der Waals surface area contributed by atoms with Crippen LogP contribution >= 0.6 is 0 Å². The lowest BCUT2D eigenvalue weighted by Crippen LogP contribution is -2.10. The average Bonchev–Trinajstić information content (AvgIpc) is 2.48.